The van der Waals surface area contributed by atoms with Crippen LogP contribution in [0.4, 0.5) is 0 Å². The Kier molecular flexibility index (Phi) is 6.12. The van der Waals surface area contributed by atoms with Crippen molar-refractivity contribution < 1.29 is 4.74 Å². The van der Waals surface area contributed by atoms with Crippen molar-refractivity contribution in [3.8, 4) is 12.3 Å². The third-order valence-electron chi connectivity index (χ3n) is 5.14. The first-order valence-corrected chi connectivity index (χ1v) is 9.46. The molecule has 1 nitrogen and oxygen atoms in total. The summed E-state index contributed by atoms with van der Waals surface area (Å²) in [6.45, 7) is 4.27. The predicted molar refractivity (Wildman–Crippen MR) is 112 cm³/mol. The summed E-state index contributed by atoms with van der Waals surface area (Å²) in [5.74, 6) is 3.03. The topological polar surface area (TPSA) is 9.23 Å². The fraction of sp³-hybridized carbons (Fsp3) is 0.231. The number of terminal acetylenes is 1. The molecule has 27 heavy (non-hydrogen) atoms. The molecule has 2 unspecified atom stereocenters. The van der Waals surface area contributed by atoms with Crippen LogP contribution in [0.3, 0.4) is 0 Å². The monoisotopic (exact) mass is 354 g/mol. The lowest BCUT2D eigenvalue weighted by Gasteiger charge is -2.39. The van der Waals surface area contributed by atoms with Crippen LogP contribution in [-0.2, 0) is 10.3 Å². The lowest BCUT2D eigenvalue weighted by Crippen LogP contribution is -2.38. The molecular weight excluding hydrogens is 328 g/mol. The van der Waals surface area contributed by atoms with Crippen molar-refractivity contribution in [2.24, 2.45) is 5.92 Å². The van der Waals surface area contributed by atoms with E-state index in [-0.39, 0.29) is 12.0 Å². The highest BCUT2D eigenvalue weighted by atomic mass is 16.5. The maximum absolute atomic E-state index is 6.92. The predicted octanol–water partition coefficient (Wildman–Crippen LogP) is 6.04. The summed E-state index contributed by atoms with van der Waals surface area (Å²) in [6.07, 6.45) is 6.24. The van der Waals surface area contributed by atoms with E-state index in [9.17, 15) is 0 Å². The van der Waals surface area contributed by atoms with Crippen molar-refractivity contribution >= 4 is 0 Å². The van der Waals surface area contributed by atoms with Crippen LogP contribution >= 0.6 is 0 Å². The number of ether oxygens (including phenoxy) is 1. The zero-order valence-electron chi connectivity index (χ0n) is 16.0. The zero-order chi connectivity index (χ0) is 19.1. The van der Waals surface area contributed by atoms with Crippen LogP contribution in [-0.4, -0.2) is 6.10 Å². The molecule has 0 heterocycles. The molecule has 0 fully saturated rings. The smallest absolute Gasteiger partial charge is 0.144 e. The molecule has 3 rings (SSSR count). The molecule has 0 saturated carbocycles. The van der Waals surface area contributed by atoms with E-state index in [0.717, 1.165) is 16.7 Å². The molecule has 0 amide bonds. The van der Waals surface area contributed by atoms with Gasteiger partial charge in [0.25, 0.3) is 0 Å². The molecule has 0 radical (unpaired) electrons. The molecule has 0 aliphatic rings. The van der Waals surface area contributed by atoms with E-state index in [4.69, 9.17) is 11.2 Å². The highest BCUT2D eigenvalue weighted by Gasteiger charge is 2.39. The van der Waals surface area contributed by atoms with Crippen molar-refractivity contribution in [2.45, 2.75) is 32.0 Å². The average molecular weight is 354 g/mol. The molecule has 1 heteroatoms. The Bertz CT molecular complexity index is 766. The van der Waals surface area contributed by atoms with Gasteiger partial charge in [0.1, 0.15) is 5.60 Å². The summed E-state index contributed by atoms with van der Waals surface area (Å²) in [7, 11) is 0. The Labute approximate surface area is 163 Å². The fourth-order valence-corrected chi connectivity index (χ4v) is 3.47. The maximum atomic E-state index is 6.92. The SMILES string of the molecule is C#CCC(C)C(C)OC(c1ccccc1)(c1ccccc1)c1ccccc1. The standard InChI is InChI=1S/C26H26O/c1-4-14-21(2)22(3)27-26(23-15-8-5-9-16-23,24-17-10-6-11-18-24)25-19-12-7-13-20-25/h1,5-13,15-22H,14H2,2-3H3. The highest BCUT2D eigenvalue weighted by molar-refractivity contribution is 5.47. The minimum absolute atomic E-state index is 0.0123. The Hall–Kier alpha value is -2.82. The van der Waals surface area contributed by atoms with Crippen LogP contribution in [0.25, 0.3) is 0 Å². The number of benzene rings is 3. The Morgan fingerprint density at radius 1 is 0.741 bits per heavy atom. The number of rotatable bonds is 7. The van der Waals surface area contributed by atoms with E-state index in [1.807, 2.05) is 18.2 Å². The molecule has 3 aromatic carbocycles. The minimum atomic E-state index is -0.688. The van der Waals surface area contributed by atoms with Crippen LogP contribution in [0.1, 0.15) is 37.0 Å². The lowest BCUT2D eigenvalue weighted by molar-refractivity contribution is -0.0609. The lowest BCUT2D eigenvalue weighted by atomic mass is 9.79. The van der Waals surface area contributed by atoms with Gasteiger partial charge in [0.2, 0.25) is 0 Å². The van der Waals surface area contributed by atoms with Gasteiger partial charge in [-0.3, -0.25) is 0 Å². The van der Waals surface area contributed by atoms with E-state index >= 15 is 0 Å². The molecule has 0 saturated heterocycles. The van der Waals surface area contributed by atoms with Gasteiger partial charge in [-0.15, -0.1) is 12.3 Å². The van der Waals surface area contributed by atoms with Gasteiger partial charge in [-0.2, -0.15) is 0 Å². The maximum Gasteiger partial charge on any atom is 0.144 e. The van der Waals surface area contributed by atoms with E-state index in [1.54, 1.807) is 0 Å². The molecule has 0 aliphatic carbocycles. The number of hydrogen-bond acceptors (Lipinski definition) is 1. The first-order chi connectivity index (χ1) is 13.2. The minimum Gasteiger partial charge on any atom is -0.358 e. The van der Waals surface area contributed by atoms with Gasteiger partial charge in [-0.25, -0.2) is 0 Å². The Morgan fingerprint density at radius 2 is 1.11 bits per heavy atom. The van der Waals surface area contributed by atoms with Crippen LogP contribution in [0.2, 0.25) is 0 Å². The van der Waals surface area contributed by atoms with Gasteiger partial charge in [-0.05, 0) is 29.5 Å². The second-order valence-corrected chi connectivity index (χ2v) is 6.99. The molecule has 0 aromatic heterocycles. The van der Waals surface area contributed by atoms with Crippen molar-refractivity contribution in [1.29, 1.82) is 0 Å². The van der Waals surface area contributed by atoms with Crippen LogP contribution in [0.15, 0.2) is 91.0 Å². The van der Waals surface area contributed by atoms with Crippen molar-refractivity contribution in [3.63, 3.8) is 0 Å². The summed E-state index contributed by atoms with van der Waals surface area (Å²) in [5, 5.41) is 0. The molecule has 0 aliphatic heterocycles. The Balaban J connectivity index is 2.22. The first kappa shape index (κ1) is 19.0. The van der Waals surface area contributed by atoms with Gasteiger partial charge in [0.05, 0.1) is 6.10 Å². The molecule has 136 valence electrons. The van der Waals surface area contributed by atoms with E-state index in [1.165, 1.54) is 0 Å². The number of hydrogen-bond donors (Lipinski definition) is 0. The van der Waals surface area contributed by atoms with Gasteiger partial charge >= 0.3 is 0 Å². The fourth-order valence-electron chi connectivity index (χ4n) is 3.47. The Morgan fingerprint density at radius 3 is 1.44 bits per heavy atom. The van der Waals surface area contributed by atoms with Crippen LogP contribution < -0.4 is 0 Å². The second-order valence-electron chi connectivity index (χ2n) is 6.99. The largest absolute Gasteiger partial charge is 0.358 e. The van der Waals surface area contributed by atoms with E-state index in [0.29, 0.717) is 6.42 Å². The first-order valence-electron chi connectivity index (χ1n) is 9.46. The molecule has 0 N–H and O–H groups in total. The summed E-state index contributed by atoms with van der Waals surface area (Å²) in [6, 6.07) is 31.3. The van der Waals surface area contributed by atoms with E-state index < -0.39 is 5.60 Å². The zero-order valence-corrected chi connectivity index (χ0v) is 16.0. The van der Waals surface area contributed by atoms with E-state index in [2.05, 4.69) is 92.6 Å². The quantitative estimate of drug-likeness (QED) is 0.371. The third kappa shape index (κ3) is 3.97. The summed E-state index contributed by atoms with van der Waals surface area (Å²) < 4.78 is 6.92. The molecule has 3 aromatic rings. The highest BCUT2D eigenvalue weighted by Crippen LogP contribution is 2.42. The third-order valence-corrected chi connectivity index (χ3v) is 5.14. The molecule has 2 atom stereocenters. The van der Waals surface area contributed by atoms with Crippen molar-refractivity contribution in [1.82, 2.24) is 0 Å². The normalized spacial score (nSPS) is 13.5. The summed E-state index contributed by atoms with van der Waals surface area (Å²) in [4.78, 5) is 0. The summed E-state index contributed by atoms with van der Waals surface area (Å²) in [5.41, 5.74) is 2.65. The van der Waals surface area contributed by atoms with Crippen molar-refractivity contribution in [3.05, 3.63) is 108 Å². The molecule has 0 spiro atoms. The second kappa shape index (κ2) is 8.71. The van der Waals surface area contributed by atoms with Crippen LogP contribution in [0, 0.1) is 18.3 Å². The van der Waals surface area contributed by atoms with Gasteiger partial charge < -0.3 is 4.74 Å². The van der Waals surface area contributed by atoms with Crippen LogP contribution in [0.5, 0.6) is 0 Å². The summed E-state index contributed by atoms with van der Waals surface area (Å²) >= 11 is 0. The van der Waals surface area contributed by atoms with Gasteiger partial charge in [0, 0.05) is 6.42 Å². The van der Waals surface area contributed by atoms with Gasteiger partial charge in [-0.1, -0.05) is 97.9 Å². The van der Waals surface area contributed by atoms with Gasteiger partial charge in [0.15, 0.2) is 0 Å². The average Bonchev–Trinajstić information content (AvgIpc) is 2.74. The van der Waals surface area contributed by atoms with Crippen molar-refractivity contribution in [2.75, 3.05) is 0 Å². The molecule has 0 bridgehead atoms. The molecular formula is C26H26O.